The van der Waals surface area contributed by atoms with E-state index < -0.39 is 11.9 Å². The minimum absolute atomic E-state index is 0.200. The molecule has 3 aliphatic rings. The van der Waals surface area contributed by atoms with Gasteiger partial charge in [-0.2, -0.15) is 0 Å². The van der Waals surface area contributed by atoms with Crippen LogP contribution in [0.3, 0.4) is 0 Å². The van der Waals surface area contributed by atoms with Crippen molar-refractivity contribution in [2.75, 3.05) is 44.7 Å². The standard InChI is InChI=1S/C18H23N5O3.C7H15NO/c1-20-8-10-22(11-9-20)12-4-3-5-13-16(12)21(2)18(26)23(13)14-6-7-15(24)19-17(14)25;1-6(8)5-9-7-3-2-4-7/h3-5,14H,6-11H2,1-2H3,(H,19,24,25);6-7H,2-5,8H2,1H3. The number of piperidine rings is 1. The molecule has 1 aromatic carbocycles. The van der Waals surface area contributed by atoms with Crippen molar-refractivity contribution in [3.05, 3.63) is 28.7 Å². The third-order valence-corrected chi connectivity index (χ3v) is 7.09. The van der Waals surface area contributed by atoms with Crippen LogP contribution in [0.5, 0.6) is 0 Å². The van der Waals surface area contributed by atoms with Crippen molar-refractivity contribution in [3.8, 4) is 0 Å². The van der Waals surface area contributed by atoms with E-state index in [9.17, 15) is 14.4 Å². The van der Waals surface area contributed by atoms with Crippen molar-refractivity contribution in [2.24, 2.45) is 12.8 Å². The molecule has 2 amide bonds. The number of nitrogens with two attached hydrogens (primary N) is 1. The van der Waals surface area contributed by atoms with Crippen LogP contribution in [0.2, 0.25) is 0 Å². The van der Waals surface area contributed by atoms with Gasteiger partial charge in [0.15, 0.2) is 0 Å². The molecule has 0 spiro atoms. The van der Waals surface area contributed by atoms with Crippen LogP contribution in [0, 0.1) is 0 Å². The van der Waals surface area contributed by atoms with E-state index in [1.807, 2.05) is 25.1 Å². The van der Waals surface area contributed by atoms with Gasteiger partial charge in [-0.1, -0.05) is 6.07 Å². The molecule has 0 radical (unpaired) electrons. The van der Waals surface area contributed by atoms with E-state index in [4.69, 9.17) is 10.5 Å². The molecule has 3 N–H and O–H groups in total. The van der Waals surface area contributed by atoms with Gasteiger partial charge in [0.25, 0.3) is 0 Å². The van der Waals surface area contributed by atoms with Crippen molar-refractivity contribution in [3.63, 3.8) is 0 Å². The zero-order chi connectivity index (χ0) is 25.1. The Kier molecular flexibility index (Phi) is 7.93. The normalized spacial score (nSPS) is 22.4. The molecule has 2 unspecified atom stereocenters. The van der Waals surface area contributed by atoms with Crippen molar-refractivity contribution in [1.82, 2.24) is 19.4 Å². The summed E-state index contributed by atoms with van der Waals surface area (Å²) in [4.78, 5) is 41.3. The van der Waals surface area contributed by atoms with E-state index in [1.54, 1.807) is 11.6 Å². The molecule has 3 fully saturated rings. The van der Waals surface area contributed by atoms with E-state index in [1.165, 1.54) is 23.8 Å². The van der Waals surface area contributed by atoms with Crippen LogP contribution in [0.15, 0.2) is 23.0 Å². The lowest BCUT2D eigenvalue weighted by Crippen LogP contribution is -2.44. The summed E-state index contributed by atoms with van der Waals surface area (Å²) in [5.74, 6) is -0.682. The van der Waals surface area contributed by atoms with E-state index in [0.29, 0.717) is 12.5 Å². The highest BCUT2D eigenvalue weighted by molar-refractivity contribution is 6.00. The van der Waals surface area contributed by atoms with Crippen molar-refractivity contribution >= 4 is 28.5 Å². The average Bonchev–Trinajstić information content (AvgIpc) is 3.04. The minimum atomic E-state index is -0.647. The number of carbonyl (C=O) groups excluding carboxylic acids is 2. The summed E-state index contributed by atoms with van der Waals surface area (Å²) in [6, 6.07) is 5.39. The number of aromatic nitrogens is 2. The fraction of sp³-hybridized carbons (Fsp3) is 0.640. The van der Waals surface area contributed by atoms with Gasteiger partial charge in [0.05, 0.1) is 29.4 Å². The molecule has 2 atom stereocenters. The number of imide groups is 1. The van der Waals surface area contributed by atoms with Crippen LogP contribution >= 0.6 is 0 Å². The largest absolute Gasteiger partial charge is 0.377 e. The molecule has 10 nitrogen and oxygen atoms in total. The fourth-order valence-corrected chi connectivity index (χ4v) is 4.78. The second-order valence-electron chi connectivity index (χ2n) is 9.98. The maximum Gasteiger partial charge on any atom is 0.329 e. The van der Waals surface area contributed by atoms with Crippen molar-refractivity contribution in [1.29, 1.82) is 0 Å². The van der Waals surface area contributed by atoms with Crippen molar-refractivity contribution in [2.45, 2.75) is 57.2 Å². The Balaban J connectivity index is 0.000000271. The molecule has 1 saturated carbocycles. The Morgan fingerprint density at radius 3 is 2.40 bits per heavy atom. The summed E-state index contributed by atoms with van der Waals surface area (Å²) in [6.45, 7) is 6.43. The topological polar surface area (TPSA) is 115 Å². The van der Waals surface area contributed by atoms with Crippen LogP contribution in [-0.2, 0) is 21.4 Å². The smallest absolute Gasteiger partial charge is 0.329 e. The number of carbonyl (C=O) groups is 2. The van der Waals surface area contributed by atoms with Gasteiger partial charge in [0.1, 0.15) is 6.04 Å². The maximum absolute atomic E-state index is 12.9. The number of para-hydroxylation sites is 1. The van der Waals surface area contributed by atoms with E-state index in [-0.39, 0.29) is 24.1 Å². The zero-order valence-corrected chi connectivity index (χ0v) is 21.0. The predicted molar refractivity (Wildman–Crippen MR) is 136 cm³/mol. The molecule has 0 bridgehead atoms. The number of piperazine rings is 1. The second kappa shape index (κ2) is 10.9. The Bertz CT molecular complexity index is 1110. The SMILES string of the molecule is CC(N)COC1CCC1.CN1CCN(c2cccc3c2n(C)c(=O)n3C2CCC(=O)NC2=O)CC1. The zero-order valence-electron chi connectivity index (χ0n) is 21.0. The van der Waals surface area contributed by atoms with E-state index >= 15 is 0 Å². The van der Waals surface area contributed by atoms with Gasteiger partial charge < -0.3 is 20.3 Å². The van der Waals surface area contributed by atoms with Crippen LogP contribution in [-0.4, -0.2) is 77.8 Å². The highest BCUT2D eigenvalue weighted by Gasteiger charge is 2.32. The van der Waals surface area contributed by atoms with Crippen LogP contribution in [0.1, 0.15) is 45.1 Å². The molecule has 2 aromatic rings. The van der Waals surface area contributed by atoms with Gasteiger partial charge in [0, 0.05) is 45.7 Å². The first-order valence-corrected chi connectivity index (χ1v) is 12.6. The number of nitrogens with zero attached hydrogens (tertiary/aromatic N) is 4. The molecule has 2 aliphatic heterocycles. The number of anilines is 1. The van der Waals surface area contributed by atoms with Gasteiger partial charge in [-0.3, -0.25) is 24.0 Å². The number of hydrogen-bond acceptors (Lipinski definition) is 7. The number of ether oxygens (including phenoxy) is 1. The summed E-state index contributed by atoms with van der Waals surface area (Å²) in [7, 11) is 3.85. The number of benzene rings is 1. The highest BCUT2D eigenvalue weighted by atomic mass is 16.5. The summed E-state index contributed by atoms with van der Waals surface area (Å²) in [5, 5.41) is 2.35. The number of rotatable bonds is 5. The Hall–Kier alpha value is -2.69. The molecule has 3 heterocycles. The van der Waals surface area contributed by atoms with Crippen LogP contribution in [0.4, 0.5) is 5.69 Å². The number of aryl methyl sites for hydroxylation is 1. The maximum atomic E-state index is 12.9. The van der Waals surface area contributed by atoms with Crippen molar-refractivity contribution < 1.29 is 14.3 Å². The predicted octanol–water partition coefficient (Wildman–Crippen LogP) is 0.972. The molecular weight excluding hydrogens is 448 g/mol. The lowest BCUT2D eigenvalue weighted by molar-refractivity contribution is -0.135. The molecule has 192 valence electrons. The van der Waals surface area contributed by atoms with E-state index in [0.717, 1.165) is 49.5 Å². The third-order valence-electron chi connectivity index (χ3n) is 7.09. The molecule has 1 aromatic heterocycles. The van der Waals surface area contributed by atoms with Gasteiger partial charge in [0.2, 0.25) is 11.8 Å². The van der Waals surface area contributed by atoms with Gasteiger partial charge >= 0.3 is 5.69 Å². The minimum Gasteiger partial charge on any atom is -0.377 e. The van der Waals surface area contributed by atoms with Crippen LogP contribution in [0.25, 0.3) is 11.0 Å². The molecule has 1 aliphatic carbocycles. The molecule has 5 rings (SSSR count). The average molecular weight is 487 g/mol. The fourth-order valence-electron chi connectivity index (χ4n) is 4.78. The molecule has 10 heteroatoms. The Labute approximate surface area is 206 Å². The number of fused-ring (bicyclic) bond motifs is 1. The highest BCUT2D eigenvalue weighted by Crippen LogP contribution is 2.30. The van der Waals surface area contributed by atoms with Gasteiger partial charge in [-0.15, -0.1) is 0 Å². The number of amides is 2. The first-order valence-electron chi connectivity index (χ1n) is 12.6. The number of hydrogen-bond donors (Lipinski definition) is 2. The van der Waals surface area contributed by atoms with Gasteiger partial charge in [-0.25, -0.2) is 4.79 Å². The Morgan fingerprint density at radius 2 is 1.80 bits per heavy atom. The number of imidazole rings is 1. The summed E-state index contributed by atoms with van der Waals surface area (Å²) in [5.41, 5.74) is 7.86. The van der Waals surface area contributed by atoms with Crippen LogP contribution < -0.4 is 21.6 Å². The first-order chi connectivity index (χ1) is 16.8. The number of nitrogens with one attached hydrogen (secondary N) is 1. The first kappa shape index (κ1) is 25.4. The summed E-state index contributed by atoms with van der Waals surface area (Å²) < 4.78 is 8.57. The summed E-state index contributed by atoms with van der Waals surface area (Å²) in [6.07, 6.45) is 4.96. The lowest BCUT2D eigenvalue weighted by Gasteiger charge is -2.34. The summed E-state index contributed by atoms with van der Waals surface area (Å²) >= 11 is 0. The number of likely N-dealkylation sites (N-methyl/N-ethyl adjacent to an activating group) is 1. The Morgan fingerprint density at radius 1 is 1.09 bits per heavy atom. The quantitative estimate of drug-likeness (QED) is 0.605. The second-order valence-corrected chi connectivity index (χ2v) is 9.98. The third kappa shape index (κ3) is 5.60. The van der Waals surface area contributed by atoms with Gasteiger partial charge in [-0.05, 0) is 51.8 Å². The molecular formula is C25H38N6O4. The monoisotopic (exact) mass is 486 g/mol. The molecule has 2 saturated heterocycles. The lowest BCUT2D eigenvalue weighted by atomic mass is 9.96. The molecule has 35 heavy (non-hydrogen) atoms. The van der Waals surface area contributed by atoms with E-state index in [2.05, 4.69) is 22.2 Å².